The third kappa shape index (κ3) is 10.1. The number of carbonyl (C=O) groups excluding carboxylic acids is 1. The second-order valence-corrected chi connectivity index (χ2v) is 12.9. The zero-order valence-electron chi connectivity index (χ0n) is 24.3. The maximum absolute atomic E-state index is 13.6. The first-order valence-electron chi connectivity index (χ1n) is 14.2. The van der Waals surface area contributed by atoms with Gasteiger partial charge in [0.25, 0.3) is 0 Å². The molecule has 0 spiro atoms. The van der Waals surface area contributed by atoms with Crippen molar-refractivity contribution < 1.29 is 32.9 Å². The monoisotopic (exact) mass is 591 g/mol. The van der Waals surface area contributed by atoms with Crippen molar-refractivity contribution >= 4 is 15.9 Å². The van der Waals surface area contributed by atoms with Crippen LogP contribution in [-0.2, 0) is 37.3 Å². The van der Waals surface area contributed by atoms with Crippen molar-refractivity contribution in [3.63, 3.8) is 0 Å². The summed E-state index contributed by atoms with van der Waals surface area (Å²) in [4.78, 5) is 15.4. The molecule has 1 heterocycles. The summed E-state index contributed by atoms with van der Waals surface area (Å²) in [5.74, 6) is -0.260. The number of carbonyl (C=O) groups is 1. The van der Waals surface area contributed by atoms with Crippen molar-refractivity contribution in [3.05, 3.63) is 65.7 Å². The Balaban J connectivity index is 1.81. The van der Waals surface area contributed by atoms with Gasteiger partial charge >= 0.3 is 0 Å². The summed E-state index contributed by atoms with van der Waals surface area (Å²) in [6, 6.07) is 14.9. The van der Waals surface area contributed by atoms with Crippen LogP contribution in [0.25, 0.3) is 0 Å². The molecule has 10 nitrogen and oxygen atoms in total. The van der Waals surface area contributed by atoms with Crippen molar-refractivity contribution in [3.8, 4) is 0 Å². The van der Waals surface area contributed by atoms with Gasteiger partial charge in [0.2, 0.25) is 15.9 Å². The summed E-state index contributed by atoms with van der Waals surface area (Å²) in [5.41, 5.74) is 1.52. The maximum Gasteiger partial charge on any atom is 0.243 e. The van der Waals surface area contributed by atoms with Gasteiger partial charge in [-0.1, -0.05) is 56.3 Å². The van der Waals surface area contributed by atoms with Gasteiger partial charge in [-0.2, -0.15) is 4.31 Å². The maximum atomic E-state index is 13.6. The van der Waals surface area contributed by atoms with Crippen molar-refractivity contribution in [1.82, 2.24) is 14.5 Å². The second kappa shape index (κ2) is 16.3. The number of methoxy groups -OCH3 is 1. The van der Waals surface area contributed by atoms with Crippen LogP contribution in [-0.4, -0.2) is 105 Å². The average Bonchev–Trinajstić information content (AvgIpc) is 3.50. The lowest BCUT2D eigenvalue weighted by Crippen LogP contribution is -2.53. The molecule has 1 amide bonds. The highest BCUT2D eigenvalue weighted by Gasteiger charge is 2.32. The van der Waals surface area contributed by atoms with Crippen LogP contribution in [0.3, 0.4) is 0 Å². The predicted molar refractivity (Wildman–Crippen MR) is 157 cm³/mol. The SMILES string of the molecule is COCCN(CC(=O)N[C@@H](Cc1ccccc1)[C@H](O)CN(CC(C)C)S(=O)(=O)c1ccc(CO)cc1)[C@H]1CCOC1. The molecule has 1 aliphatic heterocycles. The lowest BCUT2D eigenvalue weighted by Gasteiger charge is -2.32. The van der Waals surface area contributed by atoms with Gasteiger partial charge in [0.05, 0.1) is 43.4 Å². The number of rotatable bonds is 17. The van der Waals surface area contributed by atoms with E-state index in [-0.39, 0.29) is 49.0 Å². The van der Waals surface area contributed by atoms with Gasteiger partial charge in [0.15, 0.2) is 0 Å². The highest BCUT2D eigenvalue weighted by molar-refractivity contribution is 7.89. The zero-order chi connectivity index (χ0) is 29.8. The highest BCUT2D eigenvalue weighted by atomic mass is 32.2. The Bertz CT molecular complexity index is 1160. The molecule has 0 aliphatic carbocycles. The second-order valence-electron chi connectivity index (χ2n) is 10.9. The van der Waals surface area contributed by atoms with E-state index in [9.17, 15) is 23.4 Å². The highest BCUT2D eigenvalue weighted by Crippen LogP contribution is 2.20. The van der Waals surface area contributed by atoms with Crippen molar-refractivity contribution in [1.29, 1.82) is 0 Å². The van der Waals surface area contributed by atoms with Crippen molar-refractivity contribution in [2.75, 3.05) is 53.1 Å². The fraction of sp³-hybridized carbons (Fsp3) is 0.567. The molecule has 1 saturated heterocycles. The van der Waals surface area contributed by atoms with Crippen LogP contribution < -0.4 is 5.32 Å². The molecular formula is C30H45N3O7S. The third-order valence-electron chi connectivity index (χ3n) is 7.16. The van der Waals surface area contributed by atoms with Crippen LogP contribution in [0.2, 0.25) is 0 Å². The lowest BCUT2D eigenvalue weighted by molar-refractivity contribution is -0.124. The van der Waals surface area contributed by atoms with E-state index in [0.717, 1.165) is 12.0 Å². The van der Waals surface area contributed by atoms with Crippen LogP contribution in [0, 0.1) is 5.92 Å². The minimum Gasteiger partial charge on any atom is -0.392 e. The Hall–Kier alpha value is -2.38. The molecule has 3 N–H and O–H groups in total. The topological polar surface area (TPSA) is 129 Å². The first-order chi connectivity index (χ1) is 19.6. The van der Waals surface area contributed by atoms with Crippen LogP contribution in [0.5, 0.6) is 0 Å². The largest absolute Gasteiger partial charge is 0.392 e. The fourth-order valence-electron chi connectivity index (χ4n) is 4.93. The number of ether oxygens (including phenoxy) is 2. The Morgan fingerprint density at radius 1 is 1.10 bits per heavy atom. The minimum atomic E-state index is -3.95. The first kappa shape index (κ1) is 33.1. The number of aliphatic hydroxyl groups is 2. The zero-order valence-corrected chi connectivity index (χ0v) is 25.1. The number of hydrogen-bond donors (Lipinski definition) is 3. The molecule has 1 fully saturated rings. The van der Waals surface area contributed by atoms with Gasteiger partial charge in [-0.05, 0) is 42.0 Å². The summed E-state index contributed by atoms with van der Waals surface area (Å²) in [5, 5.41) is 23.8. The van der Waals surface area contributed by atoms with E-state index >= 15 is 0 Å². The average molecular weight is 592 g/mol. The van der Waals surface area contributed by atoms with E-state index in [0.29, 0.717) is 38.3 Å². The molecule has 0 aromatic heterocycles. The number of sulfonamides is 1. The van der Waals surface area contributed by atoms with E-state index in [1.165, 1.54) is 16.4 Å². The molecule has 11 heteroatoms. The van der Waals surface area contributed by atoms with E-state index in [1.54, 1.807) is 19.2 Å². The molecule has 0 radical (unpaired) electrons. The summed E-state index contributed by atoms with van der Waals surface area (Å²) >= 11 is 0. The molecule has 3 rings (SSSR count). The van der Waals surface area contributed by atoms with Crippen LogP contribution >= 0.6 is 0 Å². The van der Waals surface area contributed by atoms with Gasteiger partial charge in [-0.25, -0.2) is 8.42 Å². The van der Waals surface area contributed by atoms with Crippen LogP contribution in [0.1, 0.15) is 31.4 Å². The molecule has 228 valence electrons. The molecular weight excluding hydrogens is 546 g/mol. The molecule has 0 saturated carbocycles. The van der Waals surface area contributed by atoms with Crippen molar-refractivity contribution in [2.45, 2.75) is 56.4 Å². The summed E-state index contributed by atoms with van der Waals surface area (Å²) in [6.07, 6.45) is -0.0142. The molecule has 41 heavy (non-hydrogen) atoms. The van der Waals surface area contributed by atoms with Gasteiger partial charge in [0.1, 0.15) is 0 Å². The molecule has 1 aliphatic rings. The van der Waals surface area contributed by atoms with Gasteiger partial charge in [-0.3, -0.25) is 9.69 Å². The summed E-state index contributed by atoms with van der Waals surface area (Å²) in [7, 11) is -2.33. The molecule has 2 aromatic carbocycles. The molecule has 0 bridgehead atoms. The molecule has 2 aromatic rings. The number of nitrogens with one attached hydrogen (secondary N) is 1. The molecule has 3 atom stereocenters. The van der Waals surface area contributed by atoms with E-state index in [4.69, 9.17) is 9.47 Å². The standard InChI is InChI=1S/C30H45N3O7S/c1-23(2)18-33(41(37,38)27-11-9-25(21-34)10-12-27)19-29(35)28(17-24-7-5-4-6-8-24)31-30(36)20-32(14-16-39-3)26-13-15-40-22-26/h4-12,23,26,28-29,34-35H,13-22H2,1-3H3,(H,31,36)/t26-,28-,29+/m0/s1. The van der Waals surface area contributed by atoms with Gasteiger partial charge in [-0.15, -0.1) is 0 Å². The fourth-order valence-corrected chi connectivity index (χ4v) is 6.55. The van der Waals surface area contributed by atoms with Crippen molar-refractivity contribution in [2.24, 2.45) is 5.92 Å². The number of nitrogens with zero attached hydrogens (tertiary/aromatic N) is 2. The Kier molecular flexibility index (Phi) is 13.2. The first-order valence-corrected chi connectivity index (χ1v) is 15.6. The normalized spacial score (nSPS) is 17.3. The number of amides is 1. The third-order valence-corrected chi connectivity index (χ3v) is 9.01. The Morgan fingerprint density at radius 3 is 2.39 bits per heavy atom. The van der Waals surface area contributed by atoms with Gasteiger partial charge < -0.3 is 25.0 Å². The van der Waals surface area contributed by atoms with Gasteiger partial charge in [0, 0.05) is 39.4 Å². The Labute approximate surface area is 244 Å². The van der Waals surface area contributed by atoms with Crippen LogP contribution in [0.15, 0.2) is 59.5 Å². The minimum absolute atomic E-state index is 0.00109. The lowest BCUT2D eigenvalue weighted by atomic mass is 10.0. The van der Waals surface area contributed by atoms with E-state index in [1.807, 2.05) is 49.1 Å². The summed E-state index contributed by atoms with van der Waals surface area (Å²) in [6.45, 7) is 5.99. The smallest absolute Gasteiger partial charge is 0.243 e. The Morgan fingerprint density at radius 2 is 1.80 bits per heavy atom. The predicted octanol–water partition coefficient (Wildman–Crippen LogP) is 1.65. The number of aliphatic hydroxyl groups excluding tert-OH is 2. The quantitative estimate of drug-likeness (QED) is 0.253. The number of hydrogen-bond acceptors (Lipinski definition) is 8. The molecule has 0 unspecified atom stereocenters. The number of benzene rings is 2. The van der Waals surface area contributed by atoms with E-state index < -0.39 is 22.2 Å². The summed E-state index contributed by atoms with van der Waals surface area (Å²) < 4.78 is 39.3. The van der Waals surface area contributed by atoms with Crippen LogP contribution in [0.4, 0.5) is 0 Å². The van der Waals surface area contributed by atoms with E-state index in [2.05, 4.69) is 5.32 Å².